The van der Waals surface area contributed by atoms with Crippen molar-refractivity contribution in [2.24, 2.45) is 11.8 Å². The lowest BCUT2D eigenvalue weighted by atomic mass is 9.72. The number of rotatable bonds is 9. The van der Waals surface area contributed by atoms with Crippen LogP contribution in [0.1, 0.15) is 54.1 Å². The van der Waals surface area contributed by atoms with E-state index in [0.717, 1.165) is 36.8 Å². The Kier molecular flexibility index (Phi) is 8.06. The molecule has 3 N–H and O–H groups in total. The number of hydrogen-bond donors (Lipinski definition) is 3. The lowest BCUT2D eigenvalue weighted by Crippen LogP contribution is -2.60. The molecule has 0 aromatic heterocycles. The number of hydrazine groups is 1. The van der Waals surface area contributed by atoms with Crippen molar-refractivity contribution in [2.45, 2.75) is 51.5 Å². The molecule has 0 spiro atoms. The molecule has 1 saturated heterocycles. The first-order chi connectivity index (χ1) is 16.6. The maximum absolute atomic E-state index is 12.8. The average molecular weight is 466 g/mol. The van der Waals surface area contributed by atoms with E-state index in [0.29, 0.717) is 42.6 Å². The first-order valence-corrected chi connectivity index (χ1v) is 12.3. The van der Waals surface area contributed by atoms with E-state index in [1.165, 1.54) is 6.42 Å². The Morgan fingerprint density at radius 3 is 2.76 bits per heavy atom. The highest BCUT2D eigenvalue weighted by Crippen LogP contribution is 2.35. The van der Waals surface area contributed by atoms with E-state index >= 15 is 0 Å². The zero-order valence-electron chi connectivity index (χ0n) is 20.1. The van der Waals surface area contributed by atoms with Gasteiger partial charge in [0.1, 0.15) is 0 Å². The Balaban J connectivity index is 1.33. The van der Waals surface area contributed by atoms with Gasteiger partial charge in [-0.3, -0.25) is 15.0 Å². The summed E-state index contributed by atoms with van der Waals surface area (Å²) in [4.78, 5) is 25.0. The summed E-state index contributed by atoms with van der Waals surface area (Å²) in [7, 11) is 1.62. The maximum atomic E-state index is 12.8. The van der Waals surface area contributed by atoms with Crippen LogP contribution in [0.25, 0.3) is 0 Å². The molecular weight excluding hydrogens is 430 g/mol. The summed E-state index contributed by atoms with van der Waals surface area (Å²) in [6.07, 6.45) is 5.83. The molecule has 4 rings (SSSR count). The number of amides is 2. The van der Waals surface area contributed by atoms with Gasteiger partial charge in [-0.2, -0.15) is 0 Å². The summed E-state index contributed by atoms with van der Waals surface area (Å²) in [5.74, 6) is 1.92. The molecule has 3 unspecified atom stereocenters. The lowest BCUT2D eigenvalue weighted by molar-refractivity contribution is -0.133. The van der Waals surface area contributed by atoms with Crippen LogP contribution in [-0.2, 0) is 17.6 Å². The largest absolute Gasteiger partial charge is 0.493 e. The van der Waals surface area contributed by atoms with Gasteiger partial charge < -0.3 is 14.8 Å². The third-order valence-corrected chi connectivity index (χ3v) is 6.93. The fourth-order valence-corrected chi connectivity index (χ4v) is 5.19. The molecule has 2 fully saturated rings. The number of nitrogens with one attached hydrogen (secondary N) is 3. The predicted molar refractivity (Wildman–Crippen MR) is 131 cm³/mol. The SMILES string of the molecule is CCOc1cc(CCNC(=O)c2cccc(CC3NNC(=O)C4CCCCC34)c2)ccc1OC. The molecule has 0 radical (unpaired) electrons. The van der Waals surface area contributed by atoms with E-state index in [9.17, 15) is 9.59 Å². The van der Waals surface area contributed by atoms with Crippen molar-refractivity contribution in [1.29, 1.82) is 0 Å². The number of methoxy groups -OCH3 is 1. The molecule has 182 valence electrons. The van der Waals surface area contributed by atoms with Crippen LogP contribution < -0.4 is 25.6 Å². The highest BCUT2D eigenvalue weighted by Gasteiger charge is 2.39. The summed E-state index contributed by atoms with van der Waals surface area (Å²) >= 11 is 0. The standard InChI is InChI=1S/C27H35N3O4/c1-3-34-25-17-18(11-12-24(25)33-2)13-14-28-26(31)20-8-6-7-19(15-20)16-23-21-9-4-5-10-22(21)27(32)30-29-23/h6-8,11-12,15,17,21-23,29H,3-5,9-10,13-14,16H2,1-2H3,(H,28,31)(H,30,32). The summed E-state index contributed by atoms with van der Waals surface area (Å²) in [5.41, 5.74) is 8.92. The van der Waals surface area contributed by atoms with Gasteiger partial charge in [0.2, 0.25) is 5.91 Å². The van der Waals surface area contributed by atoms with Crippen LogP contribution >= 0.6 is 0 Å². The molecule has 7 nitrogen and oxygen atoms in total. The minimum Gasteiger partial charge on any atom is -0.493 e. The molecule has 0 bridgehead atoms. The quantitative estimate of drug-likeness (QED) is 0.528. The van der Waals surface area contributed by atoms with E-state index in [1.54, 1.807) is 7.11 Å². The number of fused-ring (bicyclic) bond motifs is 1. The maximum Gasteiger partial charge on any atom is 0.251 e. The van der Waals surface area contributed by atoms with E-state index in [1.807, 2.05) is 43.3 Å². The Morgan fingerprint density at radius 2 is 1.94 bits per heavy atom. The molecule has 1 aliphatic heterocycles. The molecule has 34 heavy (non-hydrogen) atoms. The topological polar surface area (TPSA) is 88.7 Å². The van der Waals surface area contributed by atoms with Crippen LogP contribution in [0.4, 0.5) is 0 Å². The third kappa shape index (κ3) is 5.70. The Hall–Kier alpha value is -3.06. The smallest absolute Gasteiger partial charge is 0.251 e. The number of hydrogen-bond acceptors (Lipinski definition) is 5. The minimum atomic E-state index is -0.0826. The second-order valence-corrected chi connectivity index (χ2v) is 9.12. The molecule has 2 amide bonds. The van der Waals surface area contributed by atoms with Crippen LogP contribution in [0.2, 0.25) is 0 Å². The zero-order valence-corrected chi connectivity index (χ0v) is 20.1. The van der Waals surface area contributed by atoms with E-state index in [-0.39, 0.29) is 23.8 Å². The molecular formula is C27H35N3O4. The van der Waals surface area contributed by atoms with Crippen LogP contribution in [0.15, 0.2) is 42.5 Å². The van der Waals surface area contributed by atoms with E-state index < -0.39 is 0 Å². The summed E-state index contributed by atoms with van der Waals surface area (Å²) < 4.78 is 11.0. The average Bonchev–Trinajstić information content (AvgIpc) is 2.86. The number of ether oxygens (including phenoxy) is 2. The number of carbonyl (C=O) groups excluding carboxylic acids is 2. The van der Waals surface area contributed by atoms with Crippen molar-refractivity contribution in [3.05, 3.63) is 59.2 Å². The zero-order chi connectivity index (χ0) is 23.9. The van der Waals surface area contributed by atoms with Crippen molar-refractivity contribution in [2.75, 3.05) is 20.3 Å². The molecule has 1 saturated carbocycles. The highest BCUT2D eigenvalue weighted by atomic mass is 16.5. The third-order valence-electron chi connectivity index (χ3n) is 6.93. The fraction of sp³-hybridized carbons (Fsp3) is 0.481. The first kappa shape index (κ1) is 24.1. The van der Waals surface area contributed by atoms with Gasteiger partial charge in [0, 0.05) is 24.1 Å². The molecule has 3 atom stereocenters. The van der Waals surface area contributed by atoms with Gasteiger partial charge in [0.25, 0.3) is 5.91 Å². The molecule has 2 aromatic rings. The van der Waals surface area contributed by atoms with Crippen molar-refractivity contribution in [3.8, 4) is 11.5 Å². The first-order valence-electron chi connectivity index (χ1n) is 12.3. The van der Waals surface area contributed by atoms with E-state index in [2.05, 4.69) is 22.2 Å². The van der Waals surface area contributed by atoms with Gasteiger partial charge in [-0.1, -0.05) is 31.0 Å². The molecule has 2 aliphatic rings. The normalized spacial score (nSPS) is 21.8. The van der Waals surface area contributed by atoms with Crippen molar-refractivity contribution in [1.82, 2.24) is 16.2 Å². The van der Waals surface area contributed by atoms with Crippen LogP contribution in [0, 0.1) is 11.8 Å². The van der Waals surface area contributed by atoms with Crippen LogP contribution in [-0.4, -0.2) is 38.1 Å². The van der Waals surface area contributed by atoms with Crippen LogP contribution in [0.5, 0.6) is 11.5 Å². The number of benzene rings is 2. The Labute approximate surface area is 201 Å². The van der Waals surface area contributed by atoms with Gasteiger partial charge in [-0.05, 0) is 73.9 Å². The lowest BCUT2D eigenvalue weighted by Gasteiger charge is -2.41. The second-order valence-electron chi connectivity index (χ2n) is 9.12. The van der Waals surface area contributed by atoms with E-state index in [4.69, 9.17) is 9.47 Å². The van der Waals surface area contributed by atoms with Crippen molar-refractivity contribution < 1.29 is 19.1 Å². The van der Waals surface area contributed by atoms with Gasteiger partial charge >= 0.3 is 0 Å². The second kappa shape index (κ2) is 11.4. The molecule has 1 heterocycles. The molecule has 1 aliphatic carbocycles. The Bertz CT molecular complexity index is 1010. The molecule has 7 heteroatoms. The Morgan fingerprint density at radius 1 is 1.09 bits per heavy atom. The van der Waals surface area contributed by atoms with Gasteiger partial charge in [-0.15, -0.1) is 0 Å². The van der Waals surface area contributed by atoms with Crippen molar-refractivity contribution in [3.63, 3.8) is 0 Å². The minimum absolute atomic E-state index is 0.0826. The van der Waals surface area contributed by atoms with Gasteiger partial charge in [0.15, 0.2) is 11.5 Å². The summed E-state index contributed by atoms with van der Waals surface area (Å²) in [5, 5.41) is 3.03. The van der Waals surface area contributed by atoms with Crippen molar-refractivity contribution >= 4 is 11.8 Å². The summed E-state index contributed by atoms with van der Waals surface area (Å²) in [6, 6.07) is 13.8. The summed E-state index contributed by atoms with van der Waals surface area (Å²) in [6.45, 7) is 3.03. The molecule has 2 aromatic carbocycles. The highest BCUT2D eigenvalue weighted by molar-refractivity contribution is 5.94. The number of carbonyl (C=O) groups is 2. The predicted octanol–water partition coefficient (Wildman–Crippen LogP) is 3.42. The monoisotopic (exact) mass is 465 g/mol. The fourth-order valence-electron chi connectivity index (χ4n) is 5.19. The van der Waals surface area contributed by atoms with Crippen LogP contribution in [0.3, 0.4) is 0 Å². The van der Waals surface area contributed by atoms with Gasteiger partial charge in [0.05, 0.1) is 13.7 Å². The van der Waals surface area contributed by atoms with Gasteiger partial charge in [-0.25, -0.2) is 5.43 Å².